The van der Waals surface area contributed by atoms with Crippen molar-refractivity contribution in [2.45, 2.75) is 51.4 Å². The SMILES string of the molecule is CO[C@@H]1CNCC[C@@]1(C)NC(=O)OC(C)(C)C. The molecule has 0 spiro atoms. The molecule has 17 heavy (non-hydrogen) atoms. The van der Waals surface area contributed by atoms with E-state index < -0.39 is 5.60 Å². The van der Waals surface area contributed by atoms with E-state index in [4.69, 9.17) is 9.47 Å². The molecule has 100 valence electrons. The summed E-state index contributed by atoms with van der Waals surface area (Å²) in [6.45, 7) is 9.16. The van der Waals surface area contributed by atoms with Crippen LogP contribution < -0.4 is 10.6 Å². The van der Waals surface area contributed by atoms with E-state index in [1.807, 2.05) is 27.7 Å². The molecule has 0 aromatic carbocycles. The second kappa shape index (κ2) is 5.23. The first kappa shape index (κ1) is 14.3. The largest absolute Gasteiger partial charge is 0.444 e. The van der Waals surface area contributed by atoms with Gasteiger partial charge in [0.15, 0.2) is 0 Å². The first-order chi connectivity index (χ1) is 7.77. The molecule has 0 unspecified atom stereocenters. The van der Waals surface area contributed by atoms with Crippen LogP contribution in [0.3, 0.4) is 0 Å². The van der Waals surface area contributed by atoms with Gasteiger partial charge in [0.05, 0.1) is 11.6 Å². The number of nitrogens with one attached hydrogen (secondary N) is 2. The zero-order valence-electron chi connectivity index (χ0n) is 11.4. The second-order valence-corrected chi connectivity index (χ2v) is 5.72. The molecule has 0 radical (unpaired) electrons. The highest BCUT2D eigenvalue weighted by molar-refractivity contribution is 5.68. The van der Waals surface area contributed by atoms with Crippen LogP contribution in [0.5, 0.6) is 0 Å². The quantitative estimate of drug-likeness (QED) is 0.768. The third kappa shape index (κ3) is 4.16. The molecule has 2 atom stereocenters. The number of ether oxygens (including phenoxy) is 2. The van der Waals surface area contributed by atoms with E-state index in [1.165, 1.54) is 0 Å². The number of methoxy groups -OCH3 is 1. The molecule has 1 aliphatic heterocycles. The zero-order valence-corrected chi connectivity index (χ0v) is 11.4. The number of hydrogen-bond donors (Lipinski definition) is 2. The lowest BCUT2D eigenvalue weighted by molar-refractivity contribution is -0.00611. The first-order valence-corrected chi connectivity index (χ1v) is 6.01. The molecule has 1 heterocycles. The summed E-state index contributed by atoms with van der Waals surface area (Å²) >= 11 is 0. The van der Waals surface area contributed by atoms with Crippen molar-refractivity contribution in [3.8, 4) is 0 Å². The third-order valence-corrected chi connectivity index (χ3v) is 2.93. The Morgan fingerprint density at radius 2 is 2.12 bits per heavy atom. The van der Waals surface area contributed by atoms with Gasteiger partial charge in [-0.15, -0.1) is 0 Å². The summed E-state index contributed by atoms with van der Waals surface area (Å²) in [6, 6.07) is 0. The first-order valence-electron chi connectivity index (χ1n) is 6.01. The zero-order chi connectivity index (χ0) is 13.1. The summed E-state index contributed by atoms with van der Waals surface area (Å²) in [5, 5.41) is 6.17. The summed E-state index contributed by atoms with van der Waals surface area (Å²) in [6.07, 6.45) is 0.401. The molecule has 1 saturated heterocycles. The summed E-state index contributed by atoms with van der Waals surface area (Å²) < 4.78 is 10.7. The van der Waals surface area contributed by atoms with Crippen molar-refractivity contribution in [3.05, 3.63) is 0 Å². The fourth-order valence-electron chi connectivity index (χ4n) is 1.99. The van der Waals surface area contributed by atoms with Crippen LogP contribution >= 0.6 is 0 Å². The predicted octanol–water partition coefficient (Wildman–Crippen LogP) is 1.28. The Balaban J connectivity index is 2.61. The maximum absolute atomic E-state index is 11.8. The molecular formula is C12H24N2O3. The number of rotatable bonds is 2. The fourth-order valence-corrected chi connectivity index (χ4v) is 1.99. The Labute approximate surface area is 103 Å². The summed E-state index contributed by atoms with van der Waals surface area (Å²) in [4.78, 5) is 11.8. The molecule has 1 amide bonds. The third-order valence-electron chi connectivity index (χ3n) is 2.93. The minimum absolute atomic E-state index is 0.0382. The summed E-state index contributed by atoms with van der Waals surface area (Å²) in [7, 11) is 1.66. The van der Waals surface area contributed by atoms with Gasteiger partial charge in [0.1, 0.15) is 5.60 Å². The number of amides is 1. The second-order valence-electron chi connectivity index (χ2n) is 5.72. The highest BCUT2D eigenvalue weighted by Crippen LogP contribution is 2.21. The van der Waals surface area contributed by atoms with Crippen molar-refractivity contribution < 1.29 is 14.3 Å². The molecule has 5 nitrogen and oxygen atoms in total. The smallest absolute Gasteiger partial charge is 0.408 e. The van der Waals surface area contributed by atoms with Crippen LogP contribution in [0.1, 0.15) is 34.1 Å². The van der Waals surface area contributed by atoms with Crippen molar-refractivity contribution in [2.24, 2.45) is 0 Å². The van der Waals surface area contributed by atoms with Gasteiger partial charge in [-0.1, -0.05) is 0 Å². The molecule has 1 aliphatic rings. The van der Waals surface area contributed by atoms with Crippen molar-refractivity contribution >= 4 is 6.09 Å². The normalized spacial score (nSPS) is 29.8. The van der Waals surface area contributed by atoms with Crippen molar-refractivity contribution in [1.82, 2.24) is 10.6 Å². The summed E-state index contributed by atoms with van der Waals surface area (Å²) in [5.74, 6) is 0. The lowest BCUT2D eigenvalue weighted by Crippen LogP contribution is -2.62. The molecule has 1 rings (SSSR count). The summed E-state index contributed by atoms with van der Waals surface area (Å²) in [5.41, 5.74) is -0.849. The van der Waals surface area contributed by atoms with Gasteiger partial charge in [-0.2, -0.15) is 0 Å². The van der Waals surface area contributed by atoms with Crippen LogP contribution in [0.2, 0.25) is 0 Å². The highest BCUT2D eigenvalue weighted by atomic mass is 16.6. The van der Waals surface area contributed by atoms with Gasteiger partial charge in [-0.3, -0.25) is 0 Å². The molecule has 2 N–H and O–H groups in total. The standard InChI is InChI=1S/C12H24N2O3/c1-11(2,3)17-10(15)14-12(4)6-7-13-8-9(12)16-5/h9,13H,6-8H2,1-5H3,(H,14,15)/t9-,12-/m1/s1. The van der Waals surface area contributed by atoms with Crippen molar-refractivity contribution in [3.63, 3.8) is 0 Å². The Morgan fingerprint density at radius 1 is 1.47 bits per heavy atom. The minimum atomic E-state index is -0.476. The fraction of sp³-hybridized carbons (Fsp3) is 0.917. The molecule has 5 heteroatoms. The Bertz CT molecular complexity index is 275. The van der Waals surface area contributed by atoms with Crippen LogP contribution in [0.4, 0.5) is 4.79 Å². The van der Waals surface area contributed by atoms with E-state index in [-0.39, 0.29) is 17.7 Å². The lowest BCUT2D eigenvalue weighted by atomic mass is 9.88. The number of carbonyl (C=O) groups is 1. The number of alkyl carbamates (subject to hydrolysis) is 1. The predicted molar refractivity (Wildman–Crippen MR) is 66.1 cm³/mol. The minimum Gasteiger partial charge on any atom is -0.444 e. The number of carbonyl (C=O) groups excluding carboxylic acids is 1. The molecule has 1 fully saturated rings. The van der Waals surface area contributed by atoms with Crippen molar-refractivity contribution in [2.75, 3.05) is 20.2 Å². The molecule has 0 saturated carbocycles. The molecule has 0 aliphatic carbocycles. The maximum Gasteiger partial charge on any atom is 0.408 e. The van der Waals surface area contributed by atoms with Crippen LogP contribution in [0.15, 0.2) is 0 Å². The molecule has 0 bridgehead atoms. The Hall–Kier alpha value is -0.810. The topological polar surface area (TPSA) is 59.6 Å². The van der Waals surface area contributed by atoms with Crippen LogP contribution in [0, 0.1) is 0 Å². The Morgan fingerprint density at radius 3 is 2.65 bits per heavy atom. The lowest BCUT2D eigenvalue weighted by Gasteiger charge is -2.41. The van der Waals surface area contributed by atoms with E-state index in [9.17, 15) is 4.79 Å². The monoisotopic (exact) mass is 244 g/mol. The van der Waals surface area contributed by atoms with Gasteiger partial charge >= 0.3 is 6.09 Å². The van der Waals surface area contributed by atoms with E-state index in [1.54, 1.807) is 7.11 Å². The van der Waals surface area contributed by atoms with Gasteiger partial charge in [-0.05, 0) is 40.7 Å². The average Bonchev–Trinajstić information content (AvgIpc) is 2.14. The van der Waals surface area contributed by atoms with Gasteiger partial charge in [0, 0.05) is 13.7 Å². The van der Waals surface area contributed by atoms with Crippen LogP contribution in [-0.2, 0) is 9.47 Å². The molecular weight excluding hydrogens is 220 g/mol. The van der Waals surface area contributed by atoms with Crippen LogP contribution in [0.25, 0.3) is 0 Å². The average molecular weight is 244 g/mol. The number of piperidine rings is 1. The molecule has 0 aromatic rings. The van der Waals surface area contributed by atoms with Gasteiger partial charge < -0.3 is 20.1 Å². The Kier molecular flexibility index (Phi) is 4.38. The van der Waals surface area contributed by atoms with E-state index in [0.29, 0.717) is 0 Å². The maximum atomic E-state index is 11.8. The van der Waals surface area contributed by atoms with E-state index >= 15 is 0 Å². The van der Waals surface area contributed by atoms with Crippen molar-refractivity contribution in [1.29, 1.82) is 0 Å². The highest BCUT2D eigenvalue weighted by Gasteiger charge is 2.39. The van der Waals surface area contributed by atoms with E-state index in [0.717, 1.165) is 19.5 Å². The number of hydrogen-bond acceptors (Lipinski definition) is 4. The van der Waals surface area contributed by atoms with Crippen LogP contribution in [-0.4, -0.2) is 43.5 Å². The van der Waals surface area contributed by atoms with Gasteiger partial charge in [0.2, 0.25) is 0 Å². The van der Waals surface area contributed by atoms with Gasteiger partial charge in [-0.25, -0.2) is 4.79 Å². The van der Waals surface area contributed by atoms with E-state index in [2.05, 4.69) is 10.6 Å². The van der Waals surface area contributed by atoms with Gasteiger partial charge in [0.25, 0.3) is 0 Å². The molecule has 0 aromatic heterocycles.